The van der Waals surface area contributed by atoms with Gasteiger partial charge in [-0.1, -0.05) is 0 Å². The molecule has 0 unspecified atom stereocenters. The van der Waals surface area contributed by atoms with E-state index in [1.807, 2.05) is 0 Å². The maximum Gasteiger partial charge on any atom is 0.148 e. The first-order valence-electron chi connectivity index (χ1n) is 2.54. The average Bonchev–Trinajstić information content (AvgIpc) is 1.82. The van der Waals surface area contributed by atoms with Crippen molar-refractivity contribution in [3.63, 3.8) is 0 Å². The Labute approximate surface area is 72.0 Å². The van der Waals surface area contributed by atoms with Crippen molar-refractivity contribution in [1.82, 2.24) is 0 Å². The standard InChI is InChI=1S/C6H5BrFNS/c7-4-1-3(10)2-5(8)6(4)9/h1-2,10H,9H2. The number of thiol groups is 1. The van der Waals surface area contributed by atoms with E-state index in [0.717, 1.165) is 0 Å². The van der Waals surface area contributed by atoms with E-state index in [2.05, 4.69) is 28.6 Å². The second-order valence-corrected chi connectivity index (χ2v) is 3.19. The molecule has 54 valence electrons. The molecule has 0 fully saturated rings. The lowest BCUT2D eigenvalue weighted by Crippen LogP contribution is -1.91. The predicted molar refractivity (Wildman–Crippen MR) is 45.8 cm³/mol. The highest BCUT2D eigenvalue weighted by atomic mass is 79.9. The van der Waals surface area contributed by atoms with E-state index in [-0.39, 0.29) is 5.69 Å². The minimum Gasteiger partial charge on any atom is -0.395 e. The third-order valence-corrected chi connectivity index (χ3v) is 1.98. The number of nitrogen functional groups attached to an aromatic ring is 1. The minimum atomic E-state index is -0.445. The molecule has 0 saturated carbocycles. The van der Waals surface area contributed by atoms with E-state index in [4.69, 9.17) is 5.73 Å². The Kier molecular flexibility index (Phi) is 2.21. The zero-order valence-electron chi connectivity index (χ0n) is 4.94. The van der Waals surface area contributed by atoms with Gasteiger partial charge in [0.25, 0.3) is 0 Å². The van der Waals surface area contributed by atoms with Gasteiger partial charge in [-0.05, 0) is 28.1 Å². The van der Waals surface area contributed by atoms with Crippen molar-refractivity contribution in [3.05, 3.63) is 22.4 Å². The lowest BCUT2D eigenvalue weighted by Gasteiger charge is -1.99. The molecule has 1 aromatic carbocycles. The molecule has 0 radical (unpaired) electrons. The van der Waals surface area contributed by atoms with Crippen molar-refractivity contribution < 1.29 is 4.39 Å². The average molecular weight is 222 g/mol. The Bertz CT molecular complexity index is 241. The van der Waals surface area contributed by atoms with Crippen LogP contribution in [0.2, 0.25) is 0 Å². The van der Waals surface area contributed by atoms with Crippen LogP contribution < -0.4 is 5.73 Å². The molecule has 0 bridgehead atoms. The summed E-state index contributed by atoms with van der Waals surface area (Å²) in [5.74, 6) is -0.445. The number of anilines is 1. The molecule has 0 aromatic heterocycles. The first kappa shape index (κ1) is 7.88. The van der Waals surface area contributed by atoms with Gasteiger partial charge in [-0.2, -0.15) is 0 Å². The van der Waals surface area contributed by atoms with Crippen molar-refractivity contribution in [2.75, 3.05) is 5.73 Å². The Hall–Kier alpha value is -0.220. The Morgan fingerprint density at radius 3 is 2.60 bits per heavy atom. The van der Waals surface area contributed by atoms with Gasteiger partial charge in [0.05, 0.1) is 5.69 Å². The van der Waals surface area contributed by atoms with Crippen LogP contribution in [0.4, 0.5) is 10.1 Å². The first-order chi connectivity index (χ1) is 4.61. The van der Waals surface area contributed by atoms with E-state index in [0.29, 0.717) is 9.37 Å². The fourth-order valence-corrected chi connectivity index (χ4v) is 1.43. The molecule has 1 aromatic rings. The second kappa shape index (κ2) is 2.80. The maximum absolute atomic E-state index is 12.6. The molecule has 1 rings (SSSR count). The Balaban J connectivity index is 3.31. The topological polar surface area (TPSA) is 26.0 Å². The lowest BCUT2D eigenvalue weighted by molar-refractivity contribution is 0.628. The molecular formula is C6H5BrFNS. The number of hydrogen-bond donors (Lipinski definition) is 2. The molecule has 0 saturated heterocycles. The highest BCUT2D eigenvalue weighted by Crippen LogP contribution is 2.25. The number of nitrogens with two attached hydrogens (primary N) is 1. The van der Waals surface area contributed by atoms with E-state index < -0.39 is 5.82 Å². The van der Waals surface area contributed by atoms with Crippen LogP contribution in [0.15, 0.2) is 21.5 Å². The number of hydrogen-bond acceptors (Lipinski definition) is 2. The Morgan fingerprint density at radius 2 is 2.10 bits per heavy atom. The van der Waals surface area contributed by atoms with E-state index in [1.165, 1.54) is 6.07 Å². The van der Waals surface area contributed by atoms with E-state index >= 15 is 0 Å². The summed E-state index contributed by atoms with van der Waals surface area (Å²) >= 11 is 7.03. The van der Waals surface area contributed by atoms with Crippen LogP contribution in [0.5, 0.6) is 0 Å². The molecule has 0 spiro atoms. The van der Waals surface area contributed by atoms with Gasteiger partial charge in [-0.25, -0.2) is 4.39 Å². The minimum absolute atomic E-state index is 0.123. The number of rotatable bonds is 0. The summed E-state index contributed by atoms with van der Waals surface area (Å²) < 4.78 is 13.2. The third-order valence-electron chi connectivity index (χ3n) is 1.06. The first-order valence-corrected chi connectivity index (χ1v) is 3.79. The predicted octanol–water partition coefficient (Wildman–Crippen LogP) is 2.46. The molecule has 2 N–H and O–H groups in total. The van der Waals surface area contributed by atoms with Crippen LogP contribution in [0.1, 0.15) is 0 Å². The molecule has 0 aliphatic heterocycles. The summed E-state index contributed by atoms with van der Waals surface area (Å²) in [6.45, 7) is 0. The van der Waals surface area contributed by atoms with Crippen LogP contribution in [0.25, 0.3) is 0 Å². The van der Waals surface area contributed by atoms with Gasteiger partial charge in [-0.15, -0.1) is 12.6 Å². The van der Waals surface area contributed by atoms with E-state index in [1.54, 1.807) is 6.07 Å². The number of benzene rings is 1. The molecule has 1 nitrogen and oxygen atoms in total. The van der Waals surface area contributed by atoms with Gasteiger partial charge in [0.15, 0.2) is 0 Å². The van der Waals surface area contributed by atoms with Crippen LogP contribution in [-0.2, 0) is 0 Å². The van der Waals surface area contributed by atoms with Crippen molar-refractivity contribution in [3.8, 4) is 0 Å². The zero-order valence-corrected chi connectivity index (χ0v) is 7.42. The summed E-state index contributed by atoms with van der Waals surface area (Å²) in [5.41, 5.74) is 5.42. The lowest BCUT2D eigenvalue weighted by atomic mass is 10.3. The SMILES string of the molecule is Nc1c(F)cc(S)cc1Br. The van der Waals surface area contributed by atoms with Gasteiger partial charge in [-0.3, -0.25) is 0 Å². The quantitative estimate of drug-likeness (QED) is 0.511. The second-order valence-electron chi connectivity index (χ2n) is 1.82. The highest BCUT2D eigenvalue weighted by molar-refractivity contribution is 9.10. The molecule has 0 aliphatic rings. The largest absolute Gasteiger partial charge is 0.395 e. The van der Waals surface area contributed by atoms with Gasteiger partial charge >= 0.3 is 0 Å². The van der Waals surface area contributed by atoms with Crippen molar-refractivity contribution in [2.45, 2.75) is 4.90 Å². The normalized spacial score (nSPS) is 9.90. The van der Waals surface area contributed by atoms with Gasteiger partial charge in [0.2, 0.25) is 0 Å². The fraction of sp³-hybridized carbons (Fsp3) is 0. The summed E-state index contributed by atoms with van der Waals surface area (Å²) in [6, 6.07) is 2.91. The van der Waals surface area contributed by atoms with Gasteiger partial charge < -0.3 is 5.73 Å². The van der Waals surface area contributed by atoms with Crippen molar-refractivity contribution >= 4 is 34.2 Å². The monoisotopic (exact) mass is 221 g/mol. The molecule has 0 aliphatic carbocycles. The molecule has 0 heterocycles. The summed E-state index contributed by atoms with van der Waals surface area (Å²) in [7, 11) is 0. The molecule has 10 heavy (non-hydrogen) atoms. The van der Waals surface area contributed by atoms with Gasteiger partial charge in [0.1, 0.15) is 5.82 Å². The third kappa shape index (κ3) is 1.44. The Morgan fingerprint density at radius 1 is 1.50 bits per heavy atom. The molecule has 4 heteroatoms. The fourth-order valence-electron chi connectivity index (χ4n) is 0.571. The maximum atomic E-state index is 12.6. The summed E-state index contributed by atoms with van der Waals surface area (Å²) in [5, 5.41) is 0. The smallest absolute Gasteiger partial charge is 0.148 e. The molecule has 0 amide bonds. The van der Waals surface area contributed by atoms with Crippen LogP contribution >= 0.6 is 28.6 Å². The summed E-state index contributed by atoms with van der Waals surface area (Å²) in [6.07, 6.45) is 0. The molecule has 0 atom stereocenters. The highest BCUT2D eigenvalue weighted by Gasteiger charge is 2.02. The van der Waals surface area contributed by atoms with E-state index in [9.17, 15) is 4.39 Å². The van der Waals surface area contributed by atoms with Crippen LogP contribution in [0, 0.1) is 5.82 Å². The van der Waals surface area contributed by atoms with Crippen molar-refractivity contribution in [2.24, 2.45) is 0 Å². The molecular weight excluding hydrogens is 217 g/mol. The number of halogens is 2. The summed E-state index contributed by atoms with van der Waals surface area (Å²) in [4.78, 5) is 0.554. The zero-order chi connectivity index (χ0) is 7.72. The van der Waals surface area contributed by atoms with Crippen molar-refractivity contribution in [1.29, 1.82) is 0 Å². The van der Waals surface area contributed by atoms with Crippen LogP contribution in [0.3, 0.4) is 0 Å². The van der Waals surface area contributed by atoms with Crippen LogP contribution in [-0.4, -0.2) is 0 Å². The van der Waals surface area contributed by atoms with Gasteiger partial charge in [0, 0.05) is 9.37 Å².